The van der Waals surface area contributed by atoms with E-state index >= 15 is 0 Å². The van der Waals surface area contributed by atoms with Crippen LogP contribution in [-0.2, 0) is 4.79 Å². The van der Waals surface area contributed by atoms with Gasteiger partial charge in [-0.05, 0) is 31.9 Å². The largest absolute Gasteiger partial charge is 0.389 e. The maximum Gasteiger partial charge on any atom is 0.257 e. The van der Waals surface area contributed by atoms with Gasteiger partial charge in [0.05, 0.1) is 18.1 Å². The van der Waals surface area contributed by atoms with Crippen LogP contribution in [0.3, 0.4) is 0 Å². The molecule has 2 aromatic rings. The first-order chi connectivity index (χ1) is 11.1. The first kappa shape index (κ1) is 15.7. The van der Waals surface area contributed by atoms with Crippen molar-refractivity contribution in [1.82, 2.24) is 15.5 Å². The average molecular weight is 315 g/mol. The van der Waals surface area contributed by atoms with Gasteiger partial charge in [-0.1, -0.05) is 36.2 Å². The van der Waals surface area contributed by atoms with Crippen molar-refractivity contribution in [2.45, 2.75) is 50.7 Å². The lowest BCUT2D eigenvalue weighted by atomic mass is 9.97. The summed E-state index contributed by atoms with van der Waals surface area (Å²) in [5, 5.41) is 17.0. The molecule has 1 atom stereocenters. The molecule has 6 heteroatoms. The highest BCUT2D eigenvalue weighted by Crippen LogP contribution is 2.32. The van der Waals surface area contributed by atoms with Gasteiger partial charge in [-0.3, -0.25) is 4.79 Å². The number of benzene rings is 1. The monoisotopic (exact) mass is 315 g/mol. The van der Waals surface area contributed by atoms with Gasteiger partial charge in [0.1, 0.15) is 0 Å². The van der Waals surface area contributed by atoms with Crippen LogP contribution in [0.2, 0.25) is 0 Å². The number of aromatic nitrogens is 2. The average Bonchev–Trinajstić information content (AvgIpc) is 3.17. The third-order valence-electron chi connectivity index (χ3n) is 4.25. The van der Waals surface area contributed by atoms with Gasteiger partial charge in [0.25, 0.3) is 5.89 Å². The van der Waals surface area contributed by atoms with Crippen LogP contribution >= 0.6 is 0 Å². The van der Waals surface area contributed by atoms with Crippen LogP contribution < -0.4 is 5.32 Å². The summed E-state index contributed by atoms with van der Waals surface area (Å²) in [6.07, 6.45) is 3.46. The number of nitrogens with zero attached hydrogens (tertiary/aromatic N) is 2. The molecule has 3 rings (SSSR count). The summed E-state index contributed by atoms with van der Waals surface area (Å²) in [4.78, 5) is 16.4. The van der Waals surface area contributed by atoms with Crippen molar-refractivity contribution in [1.29, 1.82) is 0 Å². The fraction of sp³-hybridized carbons (Fsp3) is 0.471. The van der Waals surface area contributed by atoms with Gasteiger partial charge in [-0.2, -0.15) is 4.98 Å². The Kier molecular flexibility index (Phi) is 4.43. The SMILES string of the molecule is CC(NC(=O)CC1(O)CCCC1)c1noc(-c2ccccc2)n1. The molecule has 1 saturated carbocycles. The minimum Gasteiger partial charge on any atom is -0.389 e. The van der Waals surface area contributed by atoms with E-state index in [4.69, 9.17) is 4.52 Å². The van der Waals surface area contributed by atoms with Crippen LogP contribution in [0.4, 0.5) is 0 Å². The molecule has 122 valence electrons. The molecule has 1 aromatic carbocycles. The van der Waals surface area contributed by atoms with Gasteiger partial charge < -0.3 is 14.9 Å². The number of amides is 1. The molecular weight excluding hydrogens is 294 g/mol. The van der Waals surface area contributed by atoms with E-state index in [2.05, 4.69) is 15.5 Å². The van der Waals surface area contributed by atoms with E-state index in [-0.39, 0.29) is 18.4 Å². The van der Waals surface area contributed by atoms with Gasteiger partial charge in [-0.15, -0.1) is 0 Å². The van der Waals surface area contributed by atoms with Crippen molar-refractivity contribution < 1.29 is 14.4 Å². The van der Waals surface area contributed by atoms with Crippen LogP contribution in [0.1, 0.15) is 50.9 Å². The summed E-state index contributed by atoms with van der Waals surface area (Å²) < 4.78 is 5.24. The molecule has 1 heterocycles. The summed E-state index contributed by atoms with van der Waals surface area (Å²) in [5.41, 5.74) is -0.0129. The van der Waals surface area contributed by atoms with Crippen LogP contribution in [0, 0.1) is 0 Å². The summed E-state index contributed by atoms with van der Waals surface area (Å²) in [7, 11) is 0. The Bertz CT molecular complexity index is 663. The molecule has 2 N–H and O–H groups in total. The Hall–Kier alpha value is -2.21. The molecular formula is C17H21N3O3. The Balaban J connectivity index is 1.61. The molecule has 23 heavy (non-hydrogen) atoms. The Labute approximate surface area is 134 Å². The predicted molar refractivity (Wildman–Crippen MR) is 84.3 cm³/mol. The molecule has 1 unspecified atom stereocenters. The van der Waals surface area contributed by atoms with Crippen LogP contribution in [0.25, 0.3) is 11.5 Å². The first-order valence-electron chi connectivity index (χ1n) is 7.96. The Morgan fingerprint density at radius 3 is 2.74 bits per heavy atom. The zero-order valence-electron chi connectivity index (χ0n) is 13.2. The van der Waals surface area contributed by atoms with Crippen molar-refractivity contribution in [3.05, 3.63) is 36.2 Å². The highest BCUT2D eigenvalue weighted by Gasteiger charge is 2.34. The summed E-state index contributed by atoms with van der Waals surface area (Å²) in [5.74, 6) is 0.666. The molecule has 1 aliphatic carbocycles. The number of hydrogen-bond acceptors (Lipinski definition) is 5. The fourth-order valence-electron chi connectivity index (χ4n) is 2.97. The van der Waals surface area contributed by atoms with E-state index in [0.717, 1.165) is 18.4 Å². The number of nitrogens with one attached hydrogen (secondary N) is 1. The topological polar surface area (TPSA) is 88.2 Å². The number of aliphatic hydroxyl groups is 1. The normalized spacial score (nSPS) is 17.8. The van der Waals surface area contributed by atoms with E-state index < -0.39 is 5.60 Å². The molecule has 0 saturated heterocycles. The molecule has 1 aliphatic rings. The summed E-state index contributed by atoms with van der Waals surface area (Å²) in [6, 6.07) is 9.11. The first-order valence-corrected chi connectivity index (χ1v) is 7.96. The molecule has 0 spiro atoms. The number of carbonyl (C=O) groups excluding carboxylic acids is 1. The van der Waals surface area contributed by atoms with Crippen molar-refractivity contribution in [2.24, 2.45) is 0 Å². The minimum atomic E-state index is -0.851. The number of rotatable bonds is 5. The zero-order chi connectivity index (χ0) is 16.3. The summed E-state index contributed by atoms with van der Waals surface area (Å²) >= 11 is 0. The lowest BCUT2D eigenvalue weighted by molar-refractivity contribution is -0.126. The second-order valence-corrected chi connectivity index (χ2v) is 6.22. The zero-order valence-corrected chi connectivity index (χ0v) is 13.2. The van der Waals surface area contributed by atoms with E-state index in [0.29, 0.717) is 24.6 Å². The third-order valence-corrected chi connectivity index (χ3v) is 4.25. The predicted octanol–water partition coefficient (Wildman–Crippen LogP) is 2.61. The molecule has 6 nitrogen and oxygen atoms in total. The smallest absolute Gasteiger partial charge is 0.257 e. The van der Waals surface area contributed by atoms with Gasteiger partial charge >= 0.3 is 0 Å². The fourth-order valence-corrected chi connectivity index (χ4v) is 2.97. The van der Waals surface area contributed by atoms with Crippen LogP contribution in [0.5, 0.6) is 0 Å². The van der Waals surface area contributed by atoms with Gasteiger partial charge in [-0.25, -0.2) is 0 Å². The standard InChI is InChI=1S/C17H21N3O3/c1-12(18-14(21)11-17(22)9-5-6-10-17)15-19-16(23-20-15)13-7-3-2-4-8-13/h2-4,7-8,12,22H,5-6,9-11H2,1H3,(H,18,21). The Morgan fingerprint density at radius 1 is 1.35 bits per heavy atom. The minimum absolute atomic E-state index is 0.126. The third kappa shape index (κ3) is 3.76. The van der Waals surface area contributed by atoms with Gasteiger partial charge in [0, 0.05) is 5.56 Å². The number of carbonyl (C=O) groups is 1. The number of hydrogen-bond donors (Lipinski definition) is 2. The van der Waals surface area contributed by atoms with E-state index in [1.807, 2.05) is 30.3 Å². The molecule has 0 bridgehead atoms. The lowest BCUT2D eigenvalue weighted by Crippen LogP contribution is -2.36. The van der Waals surface area contributed by atoms with Crippen molar-refractivity contribution in [2.75, 3.05) is 0 Å². The van der Waals surface area contributed by atoms with Gasteiger partial charge in [0.15, 0.2) is 5.82 Å². The molecule has 1 fully saturated rings. The highest BCUT2D eigenvalue weighted by atomic mass is 16.5. The second kappa shape index (κ2) is 6.50. The van der Waals surface area contributed by atoms with Crippen LogP contribution in [-0.4, -0.2) is 26.8 Å². The van der Waals surface area contributed by atoms with E-state index in [1.54, 1.807) is 6.92 Å². The van der Waals surface area contributed by atoms with Crippen molar-refractivity contribution >= 4 is 5.91 Å². The lowest BCUT2D eigenvalue weighted by Gasteiger charge is -2.22. The summed E-state index contributed by atoms with van der Waals surface area (Å²) in [6.45, 7) is 1.80. The van der Waals surface area contributed by atoms with Gasteiger partial charge in [0.2, 0.25) is 5.91 Å². The van der Waals surface area contributed by atoms with Crippen molar-refractivity contribution in [3.8, 4) is 11.5 Å². The maximum absolute atomic E-state index is 12.1. The quantitative estimate of drug-likeness (QED) is 0.885. The highest BCUT2D eigenvalue weighted by molar-refractivity contribution is 5.77. The van der Waals surface area contributed by atoms with Crippen molar-refractivity contribution in [3.63, 3.8) is 0 Å². The molecule has 0 aliphatic heterocycles. The van der Waals surface area contributed by atoms with E-state index in [9.17, 15) is 9.90 Å². The maximum atomic E-state index is 12.1. The van der Waals surface area contributed by atoms with Crippen LogP contribution in [0.15, 0.2) is 34.9 Å². The molecule has 1 amide bonds. The second-order valence-electron chi connectivity index (χ2n) is 6.22. The molecule has 1 aromatic heterocycles. The Morgan fingerprint density at radius 2 is 2.04 bits per heavy atom. The molecule has 0 radical (unpaired) electrons. The van der Waals surface area contributed by atoms with E-state index in [1.165, 1.54) is 0 Å².